The molecule has 2 aliphatic rings. The molecule has 0 spiro atoms. The number of ether oxygens (including phenoxy) is 3. The molecule has 0 saturated heterocycles. The van der Waals surface area contributed by atoms with Crippen molar-refractivity contribution in [1.29, 1.82) is 0 Å². The number of aliphatic hydroxyl groups excluding tert-OH is 1. The Morgan fingerprint density at radius 3 is 2.88 bits per heavy atom. The number of anilines is 1. The molecule has 3 rings (SSSR count). The lowest BCUT2D eigenvalue weighted by Crippen LogP contribution is -2.44. The third-order valence-electron chi connectivity index (χ3n) is 4.28. The fourth-order valence-corrected chi connectivity index (χ4v) is 3.88. The number of halogens is 2. The van der Waals surface area contributed by atoms with E-state index in [4.69, 9.17) is 25.8 Å². The first kappa shape index (κ1) is 19.1. The zero-order chi connectivity index (χ0) is 18.8. The largest absolute Gasteiger partial charge is 0.497 e. The summed E-state index contributed by atoms with van der Waals surface area (Å²) in [6.07, 6.45) is 0. The quantitative estimate of drug-likeness (QED) is 0.748. The van der Waals surface area contributed by atoms with Crippen molar-refractivity contribution >= 4 is 38.4 Å². The number of aliphatic hydroxyl groups is 1. The van der Waals surface area contributed by atoms with Gasteiger partial charge in [0, 0.05) is 17.6 Å². The molecule has 7 nitrogen and oxygen atoms in total. The Labute approximate surface area is 165 Å². The highest BCUT2D eigenvalue weighted by atomic mass is 79.9. The van der Waals surface area contributed by atoms with Gasteiger partial charge >= 0.3 is 0 Å². The Balaban J connectivity index is 2.05. The van der Waals surface area contributed by atoms with Crippen LogP contribution >= 0.6 is 27.5 Å². The Morgan fingerprint density at radius 1 is 1.42 bits per heavy atom. The molecule has 0 unspecified atom stereocenters. The van der Waals surface area contributed by atoms with E-state index >= 15 is 0 Å². The second-order valence-electron chi connectivity index (χ2n) is 6.02. The third kappa shape index (κ3) is 3.58. The summed E-state index contributed by atoms with van der Waals surface area (Å²) in [5, 5.41) is 11.3. The summed E-state index contributed by atoms with van der Waals surface area (Å²) in [5.41, 5.74) is 0.771. The van der Waals surface area contributed by atoms with Crippen LogP contribution in [0.15, 0.2) is 33.3 Å². The van der Waals surface area contributed by atoms with Gasteiger partial charge in [-0.15, -0.1) is 0 Å². The Hall–Kier alpha value is -1.64. The minimum absolute atomic E-state index is 0.0564. The molecule has 142 valence electrons. The highest BCUT2D eigenvalue weighted by molar-refractivity contribution is 9.10. The van der Waals surface area contributed by atoms with Crippen LogP contribution in [0.4, 0.5) is 5.69 Å². The van der Waals surface area contributed by atoms with E-state index in [0.29, 0.717) is 48.8 Å². The van der Waals surface area contributed by atoms with Gasteiger partial charge in [0.1, 0.15) is 23.3 Å². The molecule has 0 fully saturated rings. The average Bonchev–Trinajstić information content (AvgIpc) is 2.62. The molecule has 1 atom stereocenters. The van der Waals surface area contributed by atoms with E-state index in [1.165, 1.54) is 0 Å². The van der Waals surface area contributed by atoms with Crippen LogP contribution in [0.1, 0.15) is 6.92 Å². The number of aliphatic imine (C=N–C) groups is 1. The van der Waals surface area contributed by atoms with Crippen LogP contribution in [-0.4, -0.2) is 61.7 Å². The van der Waals surface area contributed by atoms with Gasteiger partial charge < -0.3 is 29.1 Å². The van der Waals surface area contributed by atoms with Crippen LogP contribution in [0.3, 0.4) is 0 Å². The number of benzene rings is 1. The zero-order valence-electron chi connectivity index (χ0n) is 14.8. The number of methoxy groups -OCH3 is 2. The molecule has 0 saturated carbocycles. The first-order chi connectivity index (χ1) is 12.5. The first-order valence-corrected chi connectivity index (χ1v) is 9.33. The number of hydrogen-bond donors (Lipinski definition) is 1. The summed E-state index contributed by atoms with van der Waals surface area (Å²) >= 11 is 9.85. The van der Waals surface area contributed by atoms with E-state index in [1.807, 2.05) is 24.0 Å². The number of rotatable bonds is 5. The molecular weight excluding hydrogens is 426 g/mol. The van der Waals surface area contributed by atoms with Gasteiger partial charge in [-0.05, 0) is 28.9 Å². The minimum Gasteiger partial charge on any atom is -0.497 e. The van der Waals surface area contributed by atoms with E-state index in [1.54, 1.807) is 19.1 Å². The van der Waals surface area contributed by atoms with Crippen molar-refractivity contribution in [1.82, 2.24) is 4.90 Å². The molecule has 26 heavy (non-hydrogen) atoms. The normalized spacial score (nSPS) is 18.3. The number of hydrogen-bond acceptors (Lipinski definition) is 7. The molecule has 0 aliphatic carbocycles. The monoisotopic (exact) mass is 445 g/mol. The molecule has 9 heteroatoms. The standard InChI is InChI=1S/C17H21BrClN3O4/c1-10(9-24-2)22-8-14(19)20-16(17(22)23)21-4-5-26-13-7-11(25-3)6-12(18)15(13)21/h6-7,10,23H,4-5,8-9H2,1-3H3/t10-/m0/s1. The molecule has 0 amide bonds. The van der Waals surface area contributed by atoms with Crippen molar-refractivity contribution in [3.05, 3.63) is 28.3 Å². The highest BCUT2D eigenvalue weighted by Crippen LogP contribution is 2.44. The second-order valence-corrected chi connectivity index (χ2v) is 7.31. The van der Waals surface area contributed by atoms with Crippen LogP contribution in [0.5, 0.6) is 11.5 Å². The number of nitrogens with zero attached hydrogens (tertiary/aromatic N) is 3. The van der Waals surface area contributed by atoms with Gasteiger partial charge in [0.2, 0.25) is 5.88 Å². The molecule has 2 heterocycles. The lowest BCUT2D eigenvalue weighted by atomic mass is 10.2. The zero-order valence-corrected chi connectivity index (χ0v) is 17.2. The van der Waals surface area contributed by atoms with Gasteiger partial charge in [-0.3, -0.25) is 0 Å². The molecule has 1 aromatic carbocycles. The first-order valence-electron chi connectivity index (χ1n) is 8.16. The van der Waals surface area contributed by atoms with Crippen LogP contribution in [0.25, 0.3) is 0 Å². The predicted octanol–water partition coefficient (Wildman–Crippen LogP) is 3.33. The van der Waals surface area contributed by atoms with Crippen molar-refractivity contribution in [3.8, 4) is 11.5 Å². The molecule has 0 aromatic heterocycles. The van der Waals surface area contributed by atoms with Gasteiger partial charge in [0.25, 0.3) is 0 Å². The summed E-state index contributed by atoms with van der Waals surface area (Å²) < 4.78 is 17.1. The van der Waals surface area contributed by atoms with Crippen molar-refractivity contribution in [2.45, 2.75) is 13.0 Å². The Kier molecular flexibility index (Phi) is 5.84. The van der Waals surface area contributed by atoms with E-state index in [0.717, 1.165) is 10.2 Å². The maximum atomic E-state index is 10.9. The van der Waals surface area contributed by atoms with Crippen LogP contribution in [-0.2, 0) is 4.74 Å². The minimum atomic E-state index is -0.0564. The Bertz CT molecular complexity index is 756. The van der Waals surface area contributed by atoms with Crippen molar-refractivity contribution in [2.24, 2.45) is 4.99 Å². The summed E-state index contributed by atoms with van der Waals surface area (Å²) in [7, 11) is 3.23. The van der Waals surface area contributed by atoms with Crippen LogP contribution < -0.4 is 14.4 Å². The summed E-state index contributed by atoms with van der Waals surface area (Å²) in [5.74, 6) is 1.78. The molecular formula is C17H21BrClN3O4. The summed E-state index contributed by atoms with van der Waals surface area (Å²) in [6.45, 7) is 3.73. The van der Waals surface area contributed by atoms with E-state index in [9.17, 15) is 5.11 Å². The fraction of sp³-hybridized carbons (Fsp3) is 0.471. The van der Waals surface area contributed by atoms with Crippen molar-refractivity contribution in [2.75, 3.05) is 45.4 Å². The maximum Gasteiger partial charge on any atom is 0.232 e. The lowest BCUT2D eigenvalue weighted by Gasteiger charge is -2.38. The smallest absolute Gasteiger partial charge is 0.232 e. The SMILES string of the molecule is COC[C@H](C)N1CC(Cl)=NC(N2CCOc3cc(OC)cc(Br)c32)=C1O. The number of fused-ring (bicyclic) bond motifs is 1. The highest BCUT2D eigenvalue weighted by Gasteiger charge is 2.32. The maximum absolute atomic E-state index is 10.9. The molecule has 0 radical (unpaired) electrons. The van der Waals surface area contributed by atoms with Crippen LogP contribution in [0, 0.1) is 0 Å². The summed E-state index contributed by atoms with van der Waals surface area (Å²) in [6, 6.07) is 3.60. The van der Waals surface area contributed by atoms with Gasteiger partial charge in [0.15, 0.2) is 5.82 Å². The van der Waals surface area contributed by atoms with E-state index in [-0.39, 0.29) is 11.9 Å². The predicted molar refractivity (Wildman–Crippen MR) is 105 cm³/mol. The third-order valence-corrected chi connectivity index (χ3v) is 5.08. The molecule has 1 N–H and O–H groups in total. The Morgan fingerprint density at radius 2 is 2.19 bits per heavy atom. The van der Waals surface area contributed by atoms with E-state index < -0.39 is 0 Å². The second kappa shape index (κ2) is 7.94. The van der Waals surface area contributed by atoms with Crippen molar-refractivity contribution in [3.63, 3.8) is 0 Å². The van der Waals surface area contributed by atoms with Gasteiger partial charge in [-0.25, -0.2) is 4.99 Å². The van der Waals surface area contributed by atoms with Crippen molar-refractivity contribution < 1.29 is 19.3 Å². The average molecular weight is 447 g/mol. The van der Waals surface area contributed by atoms with Gasteiger partial charge in [0.05, 0.1) is 38.5 Å². The molecule has 0 bridgehead atoms. The summed E-state index contributed by atoms with van der Waals surface area (Å²) in [4.78, 5) is 8.08. The molecule has 1 aromatic rings. The fourth-order valence-electron chi connectivity index (χ4n) is 3.03. The topological polar surface area (TPSA) is 66.8 Å². The van der Waals surface area contributed by atoms with Gasteiger partial charge in [-0.2, -0.15) is 0 Å². The molecule has 2 aliphatic heterocycles. The lowest BCUT2D eigenvalue weighted by molar-refractivity contribution is 0.0921. The van der Waals surface area contributed by atoms with Gasteiger partial charge in [-0.1, -0.05) is 11.6 Å². The van der Waals surface area contributed by atoms with Crippen LogP contribution in [0.2, 0.25) is 0 Å². The van der Waals surface area contributed by atoms with E-state index in [2.05, 4.69) is 20.9 Å².